The minimum atomic E-state index is -1.82. The van der Waals surface area contributed by atoms with Gasteiger partial charge in [-0.05, 0) is 12.8 Å². The maximum atomic E-state index is 5.82. The van der Waals surface area contributed by atoms with Crippen molar-refractivity contribution in [1.29, 1.82) is 0 Å². The third-order valence-corrected chi connectivity index (χ3v) is 4.10. The Morgan fingerprint density at radius 2 is 1.24 bits per heavy atom. The van der Waals surface area contributed by atoms with Crippen molar-refractivity contribution in [1.82, 2.24) is 15.0 Å². The molecule has 1 N–H and O–H groups in total. The highest BCUT2D eigenvalue weighted by Crippen LogP contribution is 2.40. The van der Waals surface area contributed by atoms with E-state index in [9.17, 15) is 0 Å². The average molecular weight is 413 g/mol. The summed E-state index contributed by atoms with van der Waals surface area (Å²) in [6, 6.07) is 0.257. The van der Waals surface area contributed by atoms with Gasteiger partial charge in [0.05, 0.1) is 0 Å². The Labute approximate surface area is 152 Å². The van der Waals surface area contributed by atoms with E-state index in [1.165, 1.54) is 6.42 Å². The molecule has 0 spiro atoms. The summed E-state index contributed by atoms with van der Waals surface area (Å²) in [5.74, 6) is 0.0869. The first-order valence-corrected chi connectivity index (χ1v) is 8.60. The first-order valence-electron chi connectivity index (χ1n) is 6.33. The molecule has 0 bridgehead atoms. The minimum absolute atomic E-state index is 0.0814. The molecule has 1 saturated carbocycles. The van der Waals surface area contributed by atoms with Crippen LogP contribution in [-0.4, -0.2) is 21.0 Å². The van der Waals surface area contributed by atoms with Crippen LogP contribution in [0.1, 0.15) is 43.8 Å². The molecule has 0 atom stereocenters. The molecule has 0 amide bonds. The highest BCUT2D eigenvalue weighted by Gasteiger charge is 2.34. The number of nitrogens with one attached hydrogen (secondary N) is 1. The van der Waals surface area contributed by atoms with Crippen LogP contribution < -0.4 is 5.32 Å². The summed E-state index contributed by atoms with van der Waals surface area (Å²) in [5.41, 5.74) is 0. The molecule has 118 valence electrons. The second kappa shape index (κ2) is 6.98. The number of aromatic nitrogens is 3. The molecule has 4 nitrogen and oxygen atoms in total. The molecule has 10 heteroatoms. The first-order chi connectivity index (χ1) is 9.66. The second-order valence-electron chi connectivity index (χ2n) is 4.78. The van der Waals surface area contributed by atoms with Gasteiger partial charge >= 0.3 is 0 Å². The lowest BCUT2D eigenvalue weighted by Crippen LogP contribution is -2.26. The number of anilines is 1. The highest BCUT2D eigenvalue weighted by molar-refractivity contribution is 6.67. The van der Waals surface area contributed by atoms with Crippen molar-refractivity contribution in [3.05, 3.63) is 11.6 Å². The monoisotopic (exact) mass is 410 g/mol. The Hall–Kier alpha value is 0.550. The molecule has 1 fully saturated rings. The fourth-order valence-electron chi connectivity index (χ4n) is 2.12. The summed E-state index contributed by atoms with van der Waals surface area (Å²) >= 11 is 34.9. The van der Waals surface area contributed by atoms with E-state index in [4.69, 9.17) is 69.6 Å². The highest BCUT2D eigenvalue weighted by atomic mass is 35.6. The molecule has 1 aliphatic carbocycles. The van der Waals surface area contributed by atoms with E-state index >= 15 is 0 Å². The normalized spacial score (nSPS) is 17.8. The Balaban J connectivity index is 2.31. The molecule has 0 aromatic carbocycles. The summed E-state index contributed by atoms with van der Waals surface area (Å²) in [6.45, 7) is 0. The summed E-state index contributed by atoms with van der Waals surface area (Å²) in [4.78, 5) is 12.1. The first kappa shape index (κ1) is 17.9. The van der Waals surface area contributed by atoms with Crippen LogP contribution in [0.15, 0.2) is 0 Å². The van der Waals surface area contributed by atoms with Crippen LogP contribution in [0.25, 0.3) is 0 Å². The summed E-state index contributed by atoms with van der Waals surface area (Å²) < 4.78 is -3.65. The molecule has 1 aromatic heterocycles. The van der Waals surface area contributed by atoms with Gasteiger partial charge in [0.15, 0.2) is 11.6 Å². The average Bonchev–Trinajstić information content (AvgIpc) is 2.37. The van der Waals surface area contributed by atoms with Crippen molar-refractivity contribution in [2.45, 2.75) is 45.7 Å². The van der Waals surface area contributed by atoms with Gasteiger partial charge in [-0.2, -0.15) is 9.97 Å². The lowest BCUT2D eigenvalue weighted by Gasteiger charge is -2.23. The van der Waals surface area contributed by atoms with E-state index in [1.807, 2.05) is 0 Å². The van der Waals surface area contributed by atoms with E-state index in [-0.39, 0.29) is 23.6 Å². The number of hydrogen-bond acceptors (Lipinski definition) is 4. The van der Waals surface area contributed by atoms with Crippen LogP contribution in [-0.2, 0) is 7.59 Å². The quantitative estimate of drug-likeness (QED) is 0.672. The third kappa shape index (κ3) is 5.29. The minimum Gasteiger partial charge on any atom is -0.351 e. The van der Waals surface area contributed by atoms with Crippen molar-refractivity contribution in [2.24, 2.45) is 0 Å². The predicted octanol–water partition coefficient (Wildman–Crippen LogP) is 5.27. The molecule has 21 heavy (non-hydrogen) atoms. The second-order valence-corrected chi connectivity index (χ2v) is 9.34. The van der Waals surface area contributed by atoms with E-state index in [1.54, 1.807) is 0 Å². The van der Waals surface area contributed by atoms with Crippen LogP contribution in [0.5, 0.6) is 0 Å². The number of nitrogens with zero attached hydrogens (tertiary/aromatic N) is 3. The fourth-order valence-corrected chi connectivity index (χ4v) is 2.63. The van der Waals surface area contributed by atoms with Gasteiger partial charge < -0.3 is 5.32 Å². The van der Waals surface area contributed by atoms with Crippen molar-refractivity contribution in [3.63, 3.8) is 0 Å². The van der Waals surface area contributed by atoms with Gasteiger partial charge in [-0.15, -0.1) is 0 Å². The molecule has 1 aromatic rings. The SMILES string of the molecule is ClC(Cl)(Cl)c1nc(NC2CCCCC2)nc(C(Cl)(Cl)Cl)n1. The molecular weight excluding hydrogens is 401 g/mol. The zero-order chi connectivity index (χ0) is 15.7. The standard InChI is InChI=1S/C11H12Cl6N4/c12-10(13,14)7-19-8(11(15,16)17)21-9(20-7)18-6-4-2-1-3-5-6/h6H,1-5H2,(H,18,19,20,21). The van der Waals surface area contributed by atoms with Crippen LogP contribution in [0.4, 0.5) is 5.95 Å². The summed E-state index contributed by atoms with van der Waals surface area (Å²) in [7, 11) is 0. The van der Waals surface area contributed by atoms with E-state index in [0.29, 0.717) is 0 Å². The smallest absolute Gasteiger partial charge is 0.250 e. The van der Waals surface area contributed by atoms with Gasteiger partial charge in [-0.25, -0.2) is 4.98 Å². The van der Waals surface area contributed by atoms with Crippen LogP contribution in [0.2, 0.25) is 0 Å². The predicted molar refractivity (Wildman–Crippen MR) is 88.8 cm³/mol. The van der Waals surface area contributed by atoms with Crippen LogP contribution >= 0.6 is 69.6 Å². The summed E-state index contributed by atoms with van der Waals surface area (Å²) in [6.07, 6.45) is 5.58. The maximum absolute atomic E-state index is 5.82. The van der Waals surface area contributed by atoms with Gasteiger partial charge in [0.1, 0.15) is 0 Å². The molecular formula is C11H12Cl6N4. The Bertz CT molecular complexity index is 460. The lowest BCUT2D eigenvalue weighted by molar-refractivity contribution is 0.460. The maximum Gasteiger partial charge on any atom is 0.250 e. The molecule has 0 radical (unpaired) electrons. The van der Waals surface area contributed by atoms with Gasteiger partial charge in [-0.3, -0.25) is 0 Å². The fraction of sp³-hybridized carbons (Fsp3) is 0.727. The Morgan fingerprint density at radius 3 is 1.67 bits per heavy atom. The molecule has 0 saturated heterocycles. The summed E-state index contributed by atoms with van der Waals surface area (Å²) in [5, 5.41) is 3.19. The number of rotatable bonds is 2. The zero-order valence-electron chi connectivity index (χ0n) is 10.7. The van der Waals surface area contributed by atoms with Gasteiger partial charge in [0.25, 0.3) is 0 Å². The molecule has 1 aliphatic rings. The number of halogens is 6. The largest absolute Gasteiger partial charge is 0.351 e. The lowest BCUT2D eigenvalue weighted by atomic mass is 9.96. The Kier molecular flexibility index (Phi) is 5.95. The van der Waals surface area contributed by atoms with Crippen molar-refractivity contribution < 1.29 is 0 Å². The van der Waals surface area contributed by atoms with Crippen molar-refractivity contribution in [2.75, 3.05) is 5.32 Å². The van der Waals surface area contributed by atoms with Crippen LogP contribution in [0.3, 0.4) is 0 Å². The van der Waals surface area contributed by atoms with Crippen LogP contribution in [0, 0.1) is 0 Å². The van der Waals surface area contributed by atoms with Gasteiger partial charge in [-0.1, -0.05) is 88.9 Å². The molecule has 1 heterocycles. The molecule has 2 rings (SSSR count). The third-order valence-electron chi connectivity index (χ3n) is 3.08. The van der Waals surface area contributed by atoms with E-state index in [2.05, 4.69) is 20.3 Å². The van der Waals surface area contributed by atoms with Gasteiger partial charge in [0, 0.05) is 6.04 Å². The molecule has 0 unspecified atom stereocenters. The number of hydrogen-bond donors (Lipinski definition) is 1. The van der Waals surface area contributed by atoms with Gasteiger partial charge in [0.2, 0.25) is 13.5 Å². The van der Waals surface area contributed by atoms with E-state index < -0.39 is 7.59 Å². The Morgan fingerprint density at radius 1 is 0.762 bits per heavy atom. The van der Waals surface area contributed by atoms with Crippen molar-refractivity contribution >= 4 is 75.6 Å². The van der Waals surface area contributed by atoms with Crippen molar-refractivity contribution in [3.8, 4) is 0 Å². The zero-order valence-corrected chi connectivity index (χ0v) is 15.3. The topological polar surface area (TPSA) is 50.7 Å². The number of alkyl halides is 6. The molecule has 0 aliphatic heterocycles. The van der Waals surface area contributed by atoms with E-state index in [0.717, 1.165) is 25.7 Å².